The highest BCUT2D eigenvalue weighted by Gasteiger charge is 2.01. The number of ether oxygens (including phenoxy) is 1. The van der Waals surface area contributed by atoms with Crippen LogP contribution in [0.1, 0.15) is 0 Å². The first-order valence-corrected chi connectivity index (χ1v) is 6.08. The number of para-hydroxylation sites is 2. The third-order valence-corrected chi connectivity index (χ3v) is 2.40. The minimum absolute atomic E-state index is 0.000342. The molecule has 19 heavy (non-hydrogen) atoms. The van der Waals surface area contributed by atoms with Crippen molar-refractivity contribution >= 4 is 34.8 Å². The van der Waals surface area contributed by atoms with Gasteiger partial charge in [0, 0.05) is 5.69 Å². The van der Waals surface area contributed by atoms with E-state index in [0.29, 0.717) is 5.69 Å². The Hall–Kier alpha value is -2.40. The Morgan fingerprint density at radius 1 is 1.00 bits per heavy atom. The van der Waals surface area contributed by atoms with E-state index in [0.717, 1.165) is 5.69 Å². The van der Waals surface area contributed by atoms with E-state index in [4.69, 9.17) is 22.7 Å². The van der Waals surface area contributed by atoms with E-state index >= 15 is 0 Å². The lowest BCUT2D eigenvalue weighted by Crippen LogP contribution is -2.24. The van der Waals surface area contributed by atoms with Gasteiger partial charge in [-0.2, -0.15) is 4.99 Å². The Bertz CT molecular complexity index is 570. The molecular weight excluding hydrogens is 258 g/mol. The molecular formula is C14H13N3OS. The van der Waals surface area contributed by atoms with Crippen molar-refractivity contribution in [2.24, 2.45) is 10.7 Å². The Morgan fingerprint density at radius 3 is 2.21 bits per heavy atom. The van der Waals surface area contributed by atoms with E-state index < -0.39 is 0 Å². The molecule has 0 spiro atoms. The largest absolute Gasteiger partial charge is 0.398 e. The second-order valence-electron chi connectivity index (χ2n) is 3.67. The number of nitrogens with one attached hydrogen (secondary N) is 1. The highest BCUT2D eigenvalue weighted by atomic mass is 32.1. The molecule has 5 heteroatoms. The number of amidine groups is 1. The molecule has 0 radical (unpaired) electrons. The highest BCUT2D eigenvalue weighted by Crippen LogP contribution is 2.10. The van der Waals surface area contributed by atoms with Gasteiger partial charge in [0.1, 0.15) is 0 Å². The normalized spacial score (nSPS) is 10.8. The molecule has 0 atom stereocenters. The van der Waals surface area contributed by atoms with Gasteiger partial charge in [0.25, 0.3) is 11.2 Å². The van der Waals surface area contributed by atoms with Crippen LogP contribution < -0.4 is 11.1 Å². The number of aliphatic imine (C=N–C) groups is 1. The lowest BCUT2D eigenvalue weighted by atomic mass is 10.3. The summed E-state index contributed by atoms with van der Waals surface area (Å²) in [7, 11) is 0. The zero-order valence-electron chi connectivity index (χ0n) is 10.1. The monoisotopic (exact) mass is 271 g/mol. The van der Waals surface area contributed by atoms with Crippen LogP contribution in [0.5, 0.6) is 0 Å². The van der Waals surface area contributed by atoms with Crippen molar-refractivity contribution in [1.29, 1.82) is 0 Å². The molecule has 0 heterocycles. The fraction of sp³-hybridized carbons (Fsp3) is 0. The number of nitrogens with zero attached hydrogens (tertiary/aromatic N) is 1. The summed E-state index contributed by atoms with van der Waals surface area (Å²) in [6, 6.07) is 18.7. The number of benzene rings is 2. The SMILES string of the molecule is NC(=Nc1ccccc1)OC(=S)Nc1ccccc1. The van der Waals surface area contributed by atoms with Gasteiger partial charge in [0.15, 0.2) is 0 Å². The number of anilines is 1. The summed E-state index contributed by atoms with van der Waals surface area (Å²) < 4.78 is 5.21. The Balaban J connectivity index is 1.94. The number of hydrogen-bond acceptors (Lipinski definition) is 3. The summed E-state index contributed by atoms with van der Waals surface area (Å²) >= 11 is 5.03. The van der Waals surface area contributed by atoms with E-state index in [1.807, 2.05) is 60.7 Å². The quantitative estimate of drug-likeness (QED) is 0.501. The van der Waals surface area contributed by atoms with Crippen LogP contribution in [-0.4, -0.2) is 11.2 Å². The molecule has 96 valence electrons. The van der Waals surface area contributed by atoms with E-state index in [-0.39, 0.29) is 11.2 Å². The minimum Gasteiger partial charge on any atom is -0.398 e. The van der Waals surface area contributed by atoms with Crippen LogP contribution in [0.3, 0.4) is 0 Å². The van der Waals surface area contributed by atoms with Crippen molar-refractivity contribution in [2.45, 2.75) is 0 Å². The van der Waals surface area contributed by atoms with Gasteiger partial charge in [0.05, 0.1) is 5.69 Å². The molecule has 3 N–H and O–H groups in total. The first-order chi connectivity index (χ1) is 9.24. The molecule has 0 amide bonds. The van der Waals surface area contributed by atoms with Gasteiger partial charge in [-0.05, 0) is 36.5 Å². The maximum Gasteiger partial charge on any atom is 0.294 e. The molecule has 2 aromatic carbocycles. The molecule has 0 aliphatic rings. The van der Waals surface area contributed by atoms with Crippen LogP contribution in [0.25, 0.3) is 0 Å². The lowest BCUT2D eigenvalue weighted by molar-refractivity contribution is 0.549. The molecule has 0 unspecified atom stereocenters. The highest BCUT2D eigenvalue weighted by molar-refractivity contribution is 7.80. The van der Waals surface area contributed by atoms with Crippen LogP contribution in [0.4, 0.5) is 11.4 Å². The zero-order valence-corrected chi connectivity index (χ0v) is 10.9. The molecule has 0 saturated heterocycles. The van der Waals surface area contributed by atoms with Crippen LogP contribution in [0.15, 0.2) is 65.7 Å². The summed E-state index contributed by atoms with van der Waals surface area (Å²) in [4.78, 5) is 4.09. The first-order valence-electron chi connectivity index (χ1n) is 5.67. The molecule has 0 fully saturated rings. The predicted molar refractivity (Wildman–Crippen MR) is 81.5 cm³/mol. The molecule has 0 aliphatic carbocycles. The maximum absolute atomic E-state index is 5.66. The molecule has 2 rings (SSSR count). The summed E-state index contributed by atoms with van der Waals surface area (Å²) in [5.41, 5.74) is 7.20. The smallest absolute Gasteiger partial charge is 0.294 e. The van der Waals surface area contributed by atoms with Gasteiger partial charge < -0.3 is 15.8 Å². The zero-order chi connectivity index (χ0) is 13.5. The van der Waals surface area contributed by atoms with Gasteiger partial charge >= 0.3 is 0 Å². The van der Waals surface area contributed by atoms with Gasteiger partial charge in [-0.3, -0.25) is 0 Å². The Morgan fingerprint density at radius 2 is 1.58 bits per heavy atom. The van der Waals surface area contributed by atoms with Crippen molar-refractivity contribution in [3.63, 3.8) is 0 Å². The average molecular weight is 271 g/mol. The van der Waals surface area contributed by atoms with Crippen molar-refractivity contribution in [2.75, 3.05) is 5.32 Å². The van der Waals surface area contributed by atoms with E-state index in [2.05, 4.69) is 10.3 Å². The van der Waals surface area contributed by atoms with Crippen molar-refractivity contribution in [3.05, 3.63) is 60.7 Å². The number of hydrogen-bond donors (Lipinski definition) is 2. The van der Waals surface area contributed by atoms with E-state index in [9.17, 15) is 0 Å². The summed E-state index contributed by atoms with van der Waals surface area (Å²) in [6.45, 7) is 0. The molecule has 4 nitrogen and oxygen atoms in total. The fourth-order valence-electron chi connectivity index (χ4n) is 1.41. The average Bonchev–Trinajstić information content (AvgIpc) is 2.40. The molecule has 0 saturated carbocycles. The third kappa shape index (κ3) is 4.40. The number of thiocarbonyl (C=S) groups is 1. The Labute approximate surface area is 116 Å². The maximum atomic E-state index is 5.66. The molecule has 0 bridgehead atoms. The lowest BCUT2D eigenvalue weighted by Gasteiger charge is -2.08. The number of nitrogens with two attached hydrogens (primary N) is 1. The standard InChI is InChI=1S/C14H13N3OS/c15-13(16-11-7-3-1-4-8-11)18-14(19)17-12-9-5-2-6-10-12/h1-10H,(H2,15,16)(H,17,19). The fourth-order valence-corrected chi connectivity index (χ4v) is 1.62. The summed E-state index contributed by atoms with van der Waals surface area (Å²) in [5.74, 6) is 0. The molecule has 0 aliphatic heterocycles. The molecule has 0 aromatic heterocycles. The topological polar surface area (TPSA) is 59.6 Å². The van der Waals surface area contributed by atoms with Crippen LogP contribution in [0, 0.1) is 0 Å². The van der Waals surface area contributed by atoms with Crippen molar-refractivity contribution in [1.82, 2.24) is 0 Å². The van der Waals surface area contributed by atoms with E-state index in [1.54, 1.807) is 0 Å². The third-order valence-electron chi connectivity index (χ3n) is 2.21. The van der Waals surface area contributed by atoms with Crippen LogP contribution >= 0.6 is 12.2 Å². The van der Waals surface area contributed by atoms with Gasteiger partial charge in [-0.15, -0.1) is 0 Å². The van der Waals surface area contributed by atoms with Gasteiger partial charge in [-0.1, -0.05) is 36.4 Å². The predicted octanol–water partition coefficient (Wildman–Crippen LogP) is 3.05. The first kappa shape index (κ1) is 13.0. The summed E-state index contributed by atoms with van der Waals surface area (Å²) in [6.07, 6.45) is 0. The van der Waals surface area contributed by atoms with Gasteiger partial charge in [0.2, 0.25) is 0 Å². The second-order valence-corrected chi connectivity index (χ2v) is 4.04. The van der Waals surface area contributed by atoms with Crippen LogP contribution in [-0.2, 0) is 4.74 Å². The number of rotatable bonds is 2. The molecule has 2 aromatic rings. The van der Waals surface area contributed by atoms with Crippen molar-refractivity contribution in [3.8, 4) is 0 Å². The van der Waals surface area contributed by atoms with Gasteiger partial charge in [-0.25, -0.2) is 0 Å². The van der Waals surface area contributed by atoms with Crippen molar-refractivity contribution < 1.29 is 4.74 Å². The summed E-state index contributed by atoms with van der Waals surface area (Å²) in [5, 5.41) is 3.06. The minimum atomic E-state index is -0.000342. The van der Waals surface area contributed by atoms with Crippen LogP contribution in [0.2, 0.25) is 0 Å². The second kappa shape index (κ2) is 6.51. The van der Waals surface area contributed by atoms with E-state index in [1.165, 1.54) is 0 Å². The Kier molecular flexibility index (Phi) is 4.47.